The fourth-order valence-corrected chi connectivity index (χ4v) is 0. The molecule has 19 valence electrons. The minimum absolute atomic E-state index is 0.265. The molecule has 0 fully saturated rings. The Balaban J connectivity index is 2.30. The monoisotopic (exact) mass is 85.0 g/mol. The van der Waals surface area contributed by atoms with Crippen molar-refractivity contribution in [3.8, 4) is 0 Å². The highest BCUT2D eigenvalue weighted by molar-refractivity contribution is 7.04. The fourth-order valence-electron chi connectivity index (χ4n) is 0. The average Bonchev–Trinajstić information content (AvgIpc) is 1.37. The van der Waals surface area contributed by atoms with Gasteiger partial charge in [0, 0.05) is 9.76 Å². The van der Waals surface area contributed by atoms with Gasteiger partial charge in [-0.2, -0.15) is 0 Å². The summed E-state index contributed by atoms with van der Waals surface area (Å²) in [6.45, 7) is 0. The molecule has 3 heteroatoms. The van der Waals surface area contributed by atoms with Gasteiger partial charge >= 0.3 is 0 Å². The van der Waals surface area contributed by atoms with Crippen LogP contribution in [0.15, 0.2) is 0 Å². The first-order valence-corrected chi connectivity index (χ1v) is 3.35. The van der Waals surface area contributed by atoms with E-state index in [-0.39, 0.29) is 9.04 Å². The third-order valence-electron chi connectivity index (χ3n) is 0.0589. The predicted molar refractivity (Wildman–Crippen MR) is 18.3 cm³/mol. The zero-order valence-corrected chi connectivity index (χ0v) is 3.99. The Bertz CT molecular complexity index is 20.0. The van der Waals surface area contributed by atoms with Gasteiger partial charge in [-0.05, 0) is 0 Å². The lowest BCUT2D eigenvalue weighted by Gasteiger charge is -1.46. The summed E-state index contributed by atoms with van der Waals surface area (Å²) in [7, 11) is 3.21. The highest BCUT2D eigenvalue weighted by Gasteiger charge is 1.57. The maximum Gasteiger partial charge on any atom is 0.106 e. The van der Waals surface area contributed by atoms with Gasteiger partial charge in [0.2, 0.25) is 0 Å². The Hall–Kier alpha value is 0.104. The van der Waals surface area contributed by atoms with Crippen LogP contribution in [0.5, 0.6) is 0 Å². The summed E-state index contributed by atoms with van der Waals surface area (Å²) in [5.74, 6) is 0.816. The maximum absolute atomic E-state index is 9.14. The van der Waals surface area contributed by atoms with E-state index in [4.69, 9.17) is 4.79 Å². The molecule has 0 saturated heterocycles. The van der Waals surface area contributed by atoms with Crippen LogP contribution in [-0.4, -0.2) is 24.7 Å². The largest absolute Gasteiger partial charge is 0.310 e. The maximum atomic E-state index is 9.14. The summed E-state index contributed by atoms with van der Waals surface area (Å²) in [5, 5.41) is 0. The first-order valence-electron chi connectivity index (χ1n) is 0.774. The van der Waals surface area contributed by atoms with Gasteiger partial charge in [0.15, 0.2) is 0 Å². The van der Waals surface area contributed by atoms with Gasteiger partial charge in [0.1, 0.15) is 9.04 Å². The van der Waals surface area contributed by atoms with Crippen molar-refractivity contribution in [3.05, 3.63) is 0 Å². The van der Waals surface area contributed by atoms with E-state index in [1.165, 1.54) is 0 Å². The van der Waals surface area contributed by atoms with Crippen LogP contribution in [0.25, 0.3) is 0 Å². The first-order chi connectivity index (χ1) is 1.91. The topological polar surface area (TPSA) is 17.1 Å². The molecule has 0 atom stereocenters. The van der Waals surface area contributed by atoms with Crippen LogP contribution in [-0.2, 0) is 4.79 Å². The summed E-state index contributed by atoms with van der Waals surface area (Å²) in [6, 6.07) is 0. The van der Waals surface area contributed by atoms with Crippen LogP contribution in [0.2, 0.25) is 0 Å². The zero-order valence-electron chi connectivity index (χ0n) is 1.99. The Morgan fingerprint density at radius 3 is 2.25 bits per heavy atom. The van der Waals surface area contributed by atoms with Crippen LogP contribution in [0, 0.1) is 0 Å². The van der Waals surface area contributed by atoms with Crippen LogP contribution >= 0.6 is 0 Å². The van der Waals surface area contributed by atoms with Crippen molar-refractivity contribution >= 4 is 24.7 Å². The Kier molecular flexibility index (Phi) is 3.18. The fraction of sp³-hybridized carbons (Fsp3) is 0. The molecular weight excluding hydrogens is 84.2 g/mol. The summed E-state index contributed by atoms with van der Waals surface area (Å²) in [6.07, 6.45) is 0. The quantitative estimate of drug-likeness (QED) is 0.294. The molecule has 0 aromatic carbocycles. The molecule has 0 rings (SSSR count). The van der Waals surface area contributed by atoms with Crippen LogP contribution < -0.4 is 0 Å². The average molecular weight is 85.2 g/mol. The lowest BCUT2D eigenvalue weighted by Crippen LogP contribution is -1.85. The Morgan fingerprint density at radius 2 is 2.25 bits per heavy atom. The van der Waals surface area contributed by atoms with Gasteiger partial charge in [-0.1, -0.05) is 0 Å². The van der Waals surface area contributed by atoms with E-state index < -0.39 is 0 Å². The molecular formula is CHOSi2. The molecule has 0 aromatic heterocycles. The minimum atomic E-state index is 0.265. The van der Waals surface area contributed by atoms with E-state index in [1.54, 1.807) is 0 Å². The lowest BCUT2D eigenvalue weighted by atomic mass is 11.8. The predicted octanol–water partition coefficient (Wildman–Crippen LogP) is -1.04. The molecule has 5 radical (unpaired) electrons. The summed E-state index contributed by atoms with van der Waals surface area (Å²) in [5.41, 5.74) is 0. The van der Waals surface area contributed by atoms with Crippen molar-refractivity contribution < 1.29 is 4.79 Å². The summed E-state index contributed by atoms with van der Waals surface area (Å²) >= 11 is 0. The van der Waals surface area contributed by atoms with Crippen molar-refractivity contribution in [1.29, 1.82) is 0 Å². The molecule has 0 aromatic rings. The number of carbonyl (C=O) groups is 1. The van der Waals surface area contributed by atoms with Crippen molar-refractivity contribution in [2.45, 2.75) is 0 Å². The molecule has 0 heterocycles. The van der Waals surface area contributed by atoms with Crippen molar-refractivity contribution in [2.75, 3.05) is 0 Å². The minimum Gasteiger partial charge on any atom is -0.310 e. The molecule has 0 spiro atoms. The Labute approximate surface area is 30.4 Å². The van der Waals surface area contributed by atoms with E-state index in [2.05, 4.69) is 9.76 Å². The zero-order chi connectivity index (χ0) is 3.41. The molecule has 0 amide bonds. The van der Waals surface area contributed by atoms with Crippen molar-refractivity contribution in [3.63, 3.8) is 0 Å². The standard InChI is InChI=1S/CHOSi2/c2-1-4-3/h1H. The van der Waals surface area contributed by atoms with Gasteiger partial charge in [-0.15, -0.1) is 0 Å². The normalized spacial score (nSPS) is 6.25. The molecule has 0 aliphatic carbocycles. The van der Waals surface area contributed by atoms with Gasteiger partial charge in [0.25, 0.3) is 0 Å². The second-order valence-corrected chi connectivity index (χ2v) is 1.65. The second kappa shape index (κ2) is 3.10. The number of carbonyl (C=O) groups excluding carboxylic acids is 1. The lowest BCUT2D eigenvalue weighted by molar-refractivity contribution is 0.569. The molecule has 0 saturated carbocycles. The molecule has 4 heavy (non-hydrogen) atoms. The smallest absolute Gasteiger partial charge is 0.106 e. The van der Waals surface area contributed by atoms with Gasteiger partial charge in [-0.25, -0.2) is 0 Å². The second-order valence-electron chi connectivity index (χ2n) is 0.262. The van der Waals surface area contributed by atoms with E-state index in [0.29, 0.717) is 0 Å². The van der Waals surface area contributed by atoms with Crippen LogP contribution in [0.1, 0.15) is 0 Å². The number of hydrogen-bond donors (Lipinski definition) is 0. The molecule has 0 bridgehead atoms. The van der Waals surface area contributed by atoms with Crippen LogP contribution in [0.3, 0.4) is 0 Å². The SMILES string of the molecule is O=C[Si][Si]. The molecule has 0 aliphatic heterocycles. The van der Waals surface area contributed by atoms with Gasteiger partial charge < -0.3 is 4.79 Å². The number of rotatable bonds is 1. The summed E-state index contributed by atoms with van der Waals surface area (Å²) < 4.78 is 0. The third kappa shape index (κ3) is 2.10. The third-order valence-corrected chi connectivity index (χ3v) is 0.530. The highest BCUT2D eigenvalue weighted by atomic mass is 29.1. The van der Waals surface area contributed by atoms with E-state index in [0.717, 1.165) is 5.91 Å². The first kappa shape index (κ1) is 4.10. The van der Waals surface area contributed by atoms with E-state index in [9.17, 15) is 0 Å². The van der Waals surface area contributed by atoms with Gasteiger partial charge in [-0.3, -0.25) is 0 Å². The number of hydrogen-bond acceptors (Lipinski definition) is 1. The molecule has 0 aliphatic rings. The highest BCUT2D eigenvalue weighted by Crippen LogP contribution is 1.19. The van der Waals surface area contributed by atoms with Crippen LogP contribution in [0.4, 0.5) is 0 Å². The van der Waals surface area contributed by atoms with E-state index >= 15 is 0 Å². The molecule has 1 nitrogen and oxygen atoms in total. The van der Waals surface area contributed by atoms with Gasteiger partial charge in [0.05, 0.1) is 5.91 Å². The van der Waals surface area contributed by atoms with Crippen molar-refractivity contribution in [1.82, 2.24) is 0 Å². The Morgan fingerprint density at radius 1 is 2.00 bits per heavy atom. The van der Waals surface area contributed by atoms with E-state index in [1.807, 2.05) is 0 Å². The molecule has 0 unspecified atom stereocenters. The van der Waals surface area contributed by atoms with Crippen molar-refractivity contribution in [2.24, 2.45) is 0 Å². The summed E-state index contributed by atoms with van der Waals surface area (Å²) in [4.78, 5) is 9.14. The molecule has 0 N–H and O–H groups in total.